The summed E-state index contributed by atoms with van der Waals surface area (Å²) in [6, 6.07) is 4.02. The zero-order valence-corrected chi connectivity index (χ0v) is 13.7. The number of thiophene rings is 1. The average Bonchev–Trinajstić information content (AvgIpc) is 2.76. The number of hydrogen-bond donors (Lipinski definition) is 1. The van der Waals surface area contributed by atoms with Gasteiger partial charge in [0.05, 0.1) is 11.0 Å². The smallest absolute Gasteiger partial charge is 0.183 e. The third kappa shape index (κ3) is 3.20. The lowest BCUT2D eigenvalue weighted by molar-refractivity contribution is 0.465. The molecule has 0 spiro atoms. The molecule has 0 aliphatic heterocycles. The van der Waals surface area contributed by atoms with Crippen LogP contribution in [0, 0.1) is 0 Å². The molecule has 2 heterocycles. The Morgan fingerprint density at radius 3 is 2.56 bits per heavy atom. The second-order valence-electron chi connectivity index (χ2n) is 3.13. The van der Waals surface area contributed by atoms with Crippen LogP contribution in [0.5, 0.6) is 0 Å². The summed E-state index contributed by atoms with van der Waals surface area (Å²) >= 11 is 11.9. The molecule has 0 fully saturated rings. The van der Waals surface area contributed by atoms with Crippen LogP contribution in [-0.4, -0.2) is 0 Å². The molecule has 16 heavy (non-hydrogen) atoms. The van der Waals surface area contributed by atoms with Crippen LogP contribution in [0.2, 0.25) is 0 Å². The molecule has 2 nitrogen and oxygen atoms in total. The first-order valence-corrected chi connectivity index (χ1v) is 7.79. The minimum absolute atomic E-state index is 0.717. The van der Waals surface area contributed by atoms with E-state index < -0.39 is 0 Å². The SMILES string of the molecule is Brc1cc(CNCc2sccc2Br)oc1Br. The summed E-state index contributed by atoms with van der Waals surface area (Å²) in [5, 5.41) is 5.40. The third-order valence-electron chi connectivity index (χ3n) is 1.97. The van der Waals surface area contributed by atoms with E-state index in [4.69, 9.17) is 4.42 Å². The highest BCUT2D eigenvalue weighted by atomic mass is 79.9. The molecule has 0 radical (unpaired) electrons. The molecular weight excluding hydrogens is 422 g/mol. The van der Waals surface area contributed by atoms with Gasteiger partial charge in [0.2, 0.25) is 0 Å². The van der Waals surface area contributed by atoms with Crippen LogP contribution in [0.3, 0.4) is 0 Å². The zero-order chi connectivity index (χ0) is 11.5. The molecule has 0 aromatic carbocycles. The molecule has 0 unspecified atom stereocenters. The summed E-state index contributed by atoms with van der Waals surface area (Å²) in [7, 11) is 0. The van der Waals surface area contributed by atoms with E-state index in [1.165, 1.54) is 4.88 Å². The summed E-state index contributed by atoms with van der Waals surface area (Å²) in [6.07, 6.45) is 0. The second-order valence-corrected chi connectivity index (χ2v) is 6.56. The molecule has 6 heteroatoms. The van der Waals surface area contributed by atoms with Gasteiger partial charge in [-0.3, -0.25) is 0 Å². The minimum Gasteiger partial charge on any atom is -0.452 e. The lowest BCUT2D eigenvalue weighted by Crippen LogP contribution is -2.11. The van der Waals surface area contributed by atoms with E-state index in [0.717, 1.165) is 25.9 Å². The van der Waals surface area contributed by atoms with Crippen molar-refractivity contribution in [1.82, 2.24) is 5.32 Å². The van der Waals surface area contributed by atoms with Crippen LogP contribution in [0.15, 0.2) is 35.5 Å². The Balaban J connectivity index is 1.87. The molecule has 0 bridgehead atoms. The van der Waals surface area contributed by atoms with E-state index in [0.29, 0.717) is 6.54 Å². The third-order valence-corrected chi connectivity index (χ3v) is 5.61. The van der Waals surface area contributed by atoms with Gasteiger partial charge in [0, 0.05) is 15.9 Å². The minimum atomic E-state index is 0.717. The molecule has 0 aliphatic rings. The van der Waals surface area contributed by atoms with E-state index >= 15 is 0 Å². The molecule has 0 atom stereocenters. The Bertz CT molecular complexity index is 461. The molecular formula is C10H8Br3NOS. The van der Waals surface area contributed by atoms with Crippen LogP contribution in [-0.2, 0) is 13.1 Å². The maximum atomic E-state index is 5.46. The Hall–Kier alpha value is 0.380. The predicted octanol–water partition coefficient (Wildman–Crippen LogP) is 4.92. The maximum absolute atomic E-state index is 5.46. The predicted molar refractivity (Wildman–Crippen MR) is 76.7 cm³/mol. The summed E-state index contributed by atoms with van der Waals surface area (Å²) in [5.41, 5.74) is 0. The molecule has 0 aliphatic carbocycles. The van der Waals surface area contributed by atoms with Crippen molar-refractivity contribution in [3.8, 4) is 0 Å². The van der Waals surface area contributed by atoms with Crippen molar-refractivity contribution in [2.24, 2.45) is 0 Å². The number of rotatable bonds is 4. The maximum Gasteiger partial charge on any atom is 0.183 e. The van der Waals surface area contributed by atoms with E-state index in [1.54, 1.807) is 11.3 Å². The van der Waals surface area contributed by atoms with Crippen molar-refractivity contribution in [2.75, 3.05) is 0 Å². The standard InChI is InChI=1S/C10H8Br3NOS/c11-7-1-2-16-9(7)5-14-4-6-3-8(12)10(13)15-6/h1-3,14H,4-5H2. The fourth-order valence-corrected chi connectivity index (χ4v) is 3.35. The highest BCUT2D eigenvalue weighted by Gasteiger charge is 2.06. The topological polar surface area (TPSA) is 25.2 Å². The monoisotopic (exact) mass is 427 g/mol. The first-order chi connectivity index (χ1) is 7.66. The van der Waals surface area contributed by atoms with Crippen LogP contribution < -0.4 is 5.32 Å². The highest BCUT2D eigenvalue weighted by molar-refractivity contribution is 9.13. The fourth-order valence-electron chi connectivity index (χ4n) is 1.23. The van der Waals surface area contributed by atoms with Crippen molar-refractivity contribution in [3.05, 3.63) is 41.8 Å². The van der Waals surface area contributed by atoms with Crippen molar-refractivity contribution in [2.45, 2.75) is 13.1 Å². The largest absolute Gasteiger partial charge is 0.452 e. The van der Waals surface area contributed by atoms with Crippen molar-refractivity contribution in [3.63, 3.8) is 0 Å². The number of halogens is 3. The lowest BCUT2D eigenvalue weighted by Gasteiger charge is -2.00. The van der Waals surface area contributed by atoms with Gasteiger partial charge in [-0.05, 0) is 65.3 Å². The molecule has 86 valence electrons. The lowest BCUT2D eigenvalue weighted by atomic mass is 10.4. The average molecular weight is 430 g/mol. The number of furan rings is 1. The Labute approximate surface area is 123 Å². The Kier molecular flexibility index (Phi) is 4.66. The van der Waals surface area contributed by atoms with Crippen LogP contribution in [0.4, 0.5) is 0 Å². The quantitative estimate of drug-likeness (QED) is 0.746. The molecule has 2 aromatic heterocycles. The molecule has 0 saturated heterocycles. The summed E-state index contributed by atoms with van der Waals surface area (Å²) in [5.74, 6) is 0.909. The second kappa shape index (κ2) is 5.82. The Morgan fingerprint density at radius 1 is 1.19 bits per heavy atom. The number of hydrogen-bond acceptors (Lipinski definition) is 3. The summed E-state index contributed by atoms with van der Waals surface area (Å²) in [6.45, 7) is 1.56. The molecule has 0 amide bonds. The first kappa shape index (κ1) is 12.8. The molecule has 2 aromatic rings. The van der Waals surface area contributed by atoms with Gasteiger partial charge in [-0.2, -0.15) is 0 Å². The van der Waals surface area contributed by atoms with Gasteiger partial charge in [0.1, 0.15) is 5.76 Å². The normalized spacial score (nSPS) is 10.9. The van der Waals surface area contributed by atoms with Crippen LogP contribution in [0.1, 0.15) is 10.6 Å². The summed E-state index contributed by atoms with van der Waals surface area (Å²) in [4.78, 5) is 1.30. The number of nitrogens with one attached hydrogen (secondary N) is 1. The van der Waals surface area contributed by atoms with Gasteiger partial charge < -0.3 is 9.73 Å². The van der Waals surface area contributed by atoms with Gasteiger partial charge in [0.15, 0.2) is 4.67 Å². The first-order valence-electron chi connectivity index (χ1n) is 4.53. The van der Waals surface area contributed by atoms with Gasteiger partial charge in [0.25, 0.3) is 0 Å². The van der Waals surface area contributed by atoms with Gasteiger partial charge >= 0.3 is 0 Å². The fraction of sp³-hybridized carbons (Fsp3) is 0.200. The van der Waals surface area contributed by atoms with E-state index in [-0.39, 0.29) is 0 Å². The van der Waals surface area contributed by atoms with Crippen molar-refractivity contribution < 1.29 is 4.42 Å². The van der Waals surface area contributed by atoms with E-state index in [2.05, 4.69) is 64.6 Å². The van der Waals surface area contributed by atoms with Crippen molar-refractivity contribution >= 4 is 59.1 Å². The Morgan fingerprint density at radius 2 is 2.00 bits per heavy atom. The van der Waals surface area contributed by atoms with Crippen LogP contribution in [0.25, 0.3) is 0 Å². The van der Waals surface area contributed by atoms with Crippen molar-refractivity contribution in [1.29, 1.82) is 0 Å². The highest BCUT2D eigenvalue weighted by Crippen LogP contribution is 2.27. The summed E-state index contributed by atoms with van der Waals surface area (Å²) < 4.78 is 8.31. The van der Waals surface area contributed by atoms with Gasteiger partial charge in [-0.15, -0.1) is 11.3 Å². The van der Waals surface area contributed by atoms with Crippen LogP contribution >= 0.6 is 59.1 Å². The zero-order valence-electron chi connectivity index (χ0n) is 8.10. The van der Waals surface area contributed by atoms with Gasteiger partial charge in [-0.25, -0.2) is 0 Å². The molecule has 2 rings (SSSR count). The van der Waals surface area contributed by atoms with E-state index in [1.807, 2.05) is 6.07 Å². The molecule has 0 saturated carbocycles. The molecule has 1 N–H and O–H groups in total. The van der Waals surface area contributed by atoms with Gasteiger partial charge in [-0.1, -0.05) is 0 Å². The van der Waals surface area contributed by atoms with E-state index in [9.17, 15) is 0 Å².